The van der Waals surface area contributed by atoms with Crippen molar-refractivity contribution in [1.82, 2.24) is 0 Å². The van der Waals surface area contributed by atoms with Gasteiger partial charge >= 0.3 is 12.2 Å². The minimum atomic E-state index is -0.502. The number of aryl methyl sites for hydroxylation is 1. The van der Waals surface area contributed by atoms with Crippen molar-refractivity contribution in [3.8, 4) is 17.0 Å². The molecule has 2 amide bonds. The number of nitrogens with one attached hydrogen (secondary N) is 2. The van der Waals surface area contributed by atoms with E-state index in [1.165, 1.54) is 0 Å². The second kappa shape index (κ2) is 10.3. The molecule has 8 nitrogen and oxygen atoms in total. The zero-order chi connectivity index (χ0) is 24.9. The van der Waals surface area contributed by atoms with Crippen molar-refractivity contribution in [2.24, 2.45) is 7.05 Å². The van der Waals surface area contributed by atoms with Gasteiger partial charge in [-0.25, -0.2) is 9.59 Å². The van der Waals surface area contributed by atoms with E-state index >= 15 is 0 Å². The van der Waals surface area contributed by atoms with Gasteiger partial charge in [0.25, 0.3) is 0 Å². The average Bonchev–Trinajstić information content (AvgIpc) is 2.85. The van der Waals surface area contributed by atoms with E-state index in [1.54, 1.807) is 21.0 Å². The van der Waals surface area contributed by atoms with E-state index in [9.17, 15) is 9.59 Å². The third-order valence-electron chi connectivity index (χ3n) is 5.67. The number of hydrogen-bond donors (Lipinski definition) is 2. The molecule has 1 aromatic heterocycles. The predicted octanol–water partition coefficient (Wildman–Crippen LogP) is 5.63. The largest absolute Gasteiger partial charge is 0.497 e. The molecule has 1 heterocycles. The van der Waals surface area contributed by atoms with Crippen molar-refractivity contribution in [1.29, 1.82) is 0 Å². The standard InChI is InChI=1S/C27H27N3O5/c1-5-34-26(31)28-18-9-13-21-22-14-10-19(29-27(32)35-6-2)16-24(22)30(3)25(23(21)15-18)17-7-11-20(33-4)12-8-17/h7-16H,5-6H2,1-4H3,(H,28,31)/p+1. The summed E-state index contributed by atoms with van der Waals surface area (Å²) in [4.78, 5) is 24.0. The lowest BCUT2D eigenvalue weighted by molar-refractivity contribution is -0.632. The lowest BCUT2D eigenvalue weighted by Crippen LogP contribution is -2.32. The highest BCUT2D eigenvalue weighted by Crippen LogP contribution is 2.34. The highest BCUT2D eigenvalue weighted by molar-refractivity contribution is 6.11. The van der Waals surface area contributed by atoms with Gasteiger partial charge in [0, 0.05) is 22.7 Å². The van der Waals surface area contributed by atoms with Gasteiger partial charge in [-0.05, 0) is 62.4 Å². The van der Waals surface area contributed by atoms with Gasteiger partial charge in [-0.2, -0.15) is 4.57 Å². The fourth-order valence-corrected chi connectivity index (χ4v) is 4.14. The van der Waals surface area contributed by atoms with Crippen LogP contribution in [0, 0.1) is 0 Å². The Kier molecular flexibility index (Phi) is 7.01. The first kappa shape index (κ1) is 23.8. The van der Waals surface area contributed by atoms with Crippen LogP contribution in [0.1, 0.15) is 13.8 Å². The Morgan fingerprint density at radius 2 is 1.34 bits per heavy atom. The highest BCUT2D eigenvalue weighted by atomic mass is 16.6. The number of anilines is 2. The predicted molar refractivity (Wildman–Crippen MR) is 136 cm³/mol. The summed E-state index contributed by atoms with van der Waals surface area (Å²) < 4.78 is 17.5. The normalized spacial score (nSPS) is 10.7. The van der Waals surface area contributed by atoms with Crippen LogP contribution in [0.3, 0.4) is 0 Å². The monoisotopic (exact) mass is 474 g/mol. The van der Waals surface area contributed by atoms with E-state index < -0.39 is 12.2 Å². The lowest BCUT2D eigenvalue weighted by Gasteiger charge is -2.13. The number of amides is 2. The molecule has 35 heavy (non-hydrogen) atoms. The molecule has 2 N–H and O–H groups in total. The van der Waals surface area contributed by atoms with Crippen molar-refractivity contribution in [2.75, 3.05) is 31.0 Å². The second-order valence-corrected chi connectivity index (χ2v) is 7.82. The number of methoxy groups -OCH3 is 1. The third kappa shape index (κ3) is 4.96. The zero-order valence-electron chi connectivity index (χ0n) is 20.2. The van der Waals surface area contributed by atoms with Crippen LogP contribution in [0.5, 0.6) is 5.75 Å². The van der Waals surface area contributed by atoms with Crippen LogP contribution in [-0.4, -0.2) is 32.5 Å². The Balaban J connectivity index is 1.93. The quantitative estimate of drug-likeness (QED) is 0.279. The van der Waals surface area contributed by atoms with Crippen LogP contribution in [0.25, 0.3) is 32.9 Å². The van der Waals surface area contributed by atoms with Crippen LogP contribution in [0.4, 0.5) is 21.0 Å². The first-order valence-corrected chi connectivity index (χ1v) is 11.4. The van der Waals surface area contributed by atoms with E-state index in [-0.39, 0.29) is 6.61 Å². The highest BCUT2D eigenvalue weighted by Gasteiger charge is 2.22. The van der Waals surface area contributed by atoms with Gasteiger partial charge in [0.1, 0.15) is 12.8 Å². The minimum Gasteiger partial charge on any atom is -0.497 e. The van der Waals surface area contributed by atoms with Gasteiger partial charge < -0.3 is 14.2 Å². The molecular weight excluding hydrogens is 446 g/mol. The summed E-state index contributed by atoms with van der Waals surface area (Å²) in [7, 11) is 3.60. The van der Waals surface area contributed by atoms with Crippen LogP contribution in [0.2, 0.25) is 0 Å². The van der Waals surface area contributed by atoms with E-state index in [2.05, 4.69) is 15.2 Å². The number of carbonyl (C=O) groups is 2. The van der Waals surface area contributed by atoms with Crippen molar-refractivity contribution in [3.05, 3.63) is 60.7 Å². The number of hydrogen-bond acceptors (Lipinski definition) is 5. The number of carbonyl (C=O) groups excluding carboxylic acids is 2. The molecule has 0 radical (unpaired) electrons. The molecule has 0 fully saturated rings. The first-order valence-electron chi connectivity index (χ1n) is 11.4. The van der Waals surface area contributed by atoms with Crippen LogP contribution >= 0.6 is 0 Å². The molecule has 4 rings (SSSR count). The number of rotatable bonds is 6. The fraction of sp³-hybridized carbons (Fsp3) is 0.222. The Morgan fingerprint density at radius 3 is 1.91 bits per heavy atom. The number of benzene rings is 3. The van der Waals surface area contributed by atoms with Crippen molar-refractivity contribution >= 4 is 45.2 Å². The van der Waals surface area contributed by atoms with Crippen LogP contribution in [-0.2, 0) is 16.5 Å². The Hall–Kier alpha value is -4.33. The fourth-order valence-electron chi connectivity index (χ4n) is 4.14. The minimum absolute atomic E-state index is 0.290. The smallest absolute Gasteiger partial charge is 0.411 e. The van der Waals surface area contributed by atoms with Crippen molar-refractivity contribution in [2.45, 2.75) is 13.8 Å². The number of nitrogens with zero attached hydrogens (tertiary/aromatic N) is 1. The van der Waals surface area contributed by atoms with Gasteiger partial charge in [0.2, 0.25) is 11.2 Å². The van der Waals surface area contributed by atoms with Crippen LogP contribution in [0.15, 0.2) is 60.7 Å². The molecule has 0 aliphatic rings. The van der Waals surface area contributed by atoms with Crippen molar-refractivity contribution in [3.63, 3.8) is 0 Å². The number of ether oxygens (including phenoxy) is 3. The Bertz CT molecular complexity index is 1400. The summed E-state index contributed by atoms with van der Waals surface area (Å²) in [5.41, 5.74) is 4.09. The summed E-state index contributed by atoms with van der Waals surface area (Å²) in [5.74, 6) is 0.757. The maximum absolute atomic E-state index is 12.0. The van der Waals surface area contributed by atoms with Gasteiger partial charge in [-0.15, -0.1) is 0 Å². The molecule has 0 aliphatic carbocycles. The Labute approximate surface area is 203 Å². The van der Waals surface area contributed by atoms with Crippen LogP contribution < -0.4 is 19.9 Å². The number of aromatic nitrogens is 1. The second-order valence-electron chi connectivity index (χ2n) is 7.82. The Morgan fingerprint density at radius 1 is 0.771 bits per heavy atom. The zero-order valence-corrected chi connectivity index (χ0v) is 20.2. The summed E-state index contributed by atoms with van der Waals surface area (Å²) in [5, 5.41) is 8.51. The number of pyridine rings is 1. The molecule has 0 atom stereocenters. The summed E-state index contributed by atoms with van der Waals surface area (Å²) in [6.07, 6.45) is -1.00. The molecule has 180 valence electrons. The molecule has 0 spiro atoms. The molecule has 4 aromatic rings. The van der Waals surface area contributed by atoms with E-state index in [0.717, 1.165) is 38.7 Å². The van der Waals surface area contributed by atoms with Gasteiger partial charge in [-0.1, -0.05) is 6.07 Å². The molecule has 0 saturated carbocycles. The summed E-state index contributed by atoms with van der Waals surface area (Å²) in [6.45, 7) is 4.11. The van der Waals surface area contributed by atoms with Gasteiger partial charge in [-0.3, -0.25) is 10.6 Å². The third-order valence-corrected chi connectivity index (χ3v) is 5.67. The molecule has 0 unspecified atom stereocenters. The molecule has 8 heteroatoms. The average molecular weight is 475 g/mol. The maximum atomic E-state index is 12.0. The summed E-state index contributed by atoms with van der Waals surface area (Å²) >= 11 is 0. The van der Waals surface area contributed by atoms with E-state index in [4.69, 9.17) is 14.2 Å². The molecule has 0 bridgehead atoms. The van der Waals surface area contributed by atoms with Gasteiger partial charge in [0.05, 0.1) is 36.8 Å². The molecule has 0 saturated heterocycles. The number of fused-ring (bicyclic) bond motifs is 3. The topological polar surface area (TPSA) is 89.8 Å². The molecular formula is C27H28N3O5+. The molecule has 3 aromatic carbocycles. The SMILES string of the molecule is CCOC(=O)Nc1ccc2c(c1)c(-c1ccc(OC)cc1)[n+](C)c1cc(NC(=O)OCC)ccc21. The lowest BCUT2D eigenvalue weighted by atomic mass is 9.98. The summed E-state index contributed by atoms with van der Waals surface area (Å²) in [6, 6.07) is 19.3. The van der Waals surface area contributed by atoms with Gasteiger partial charge in [0.15, 0.2) is 0 Å². The van der Waals surface area contributed by atoms with E-state index in [0.29, 0.717) is 18.0 Å². The maximum Gasteiger partial charge on any atom is 0.411 e. The van der Waals surface area contributed by atoms with E-state index in [1.807, 2.05) is 67.7 Å². The molecule has 0 aliphatic heterocycles. The van der Waals surface area contributed by atoms with Crippen molar-refractivity contribution < 1.29 is 28.4 Å². The first-order chi connectivity index (χ1) is 16.9.